The molecule has 0 saturated heterocycles. The van der Waals surface area contributed by atoms with E-state index in [9.17, 15) is 4.79 Å². The standard InChI is InChI=1S/C19H22N2O3/c1-13-8-15-6-4-5-7-18(15)21(13)19(22)20-12-14-9-16(23-2)11-17(10-14)24-3/h4-7,9-11,13H,8,12H2,1-3H3,(H,20,22). The normalized spacial score (nSPS) is 15.8. The molecular weight excluding hydrogens is 304 g/mol. The summed E-state index contributed by atoms with van der Waals surface area (Å²) in [5.41, 5.74) is 3.13. The van der Waals surface area contributed by atoms with Crippen LogP contribution in [0.2, 0.25) is 0 Å². The highest BCUT2D eigenvalue weighted by molar-refractivity contribution is 5.94. The van der Waals surface area contributed by atoms with Crippen molar-refractivity contribution >= 4 is 11.7 Å². The van der Waals surface area contributed by atoms with E-state index >= 15 is 0 Å². The molecule has 0 spiro atoms. The molecule has 3 rings (SSSR count). The van der Waals surface area contributed by atoms with E-state index in [2.05, 4.69) is 18.3 Å². The Bertz CT molecular complexity index is 723. The van der Waals surface area contributed by atoms with Gasteiger partial charge in [0.05, 0.1) is 14.2 Å². The van der Waals surface area contributed by atoms with E-state index < -0.39 is 0 Å². The monoisotopic (exact) mass is 326 g/mol. The van der Waals surface area contributed by atoms with Crippen molar-refractivity contribution in [1.82, 2.24) is 5.32 Å². The average Bonchev–Trinajstić information content (AvgIpc) is 2.95. The van der Waals surface area contributed by atoms with Gasteiger partial charge in [-0.25, -0.2) is 4.79 Å². The Morgan fingerprint density at radius 2 is 1.83 bits per heavy atom. The molecule has 1 N–H and O–H groups in total. The smallest absolute Gasteiger partial charge is 0.322 e. The van der Waals surface area contributed by atoms with E-state index in [0.29, 0.717) is 18.0 Å². The van der Waals surface area contributed by atoms with Crippen molar-refractivity contribution in [2.45, 2.75) is 25.9 Å². The molecule has 2 aromatic carbocycles. The summed E-state index contributed by atoms with van der Waals surface area (Å²) in [4.78, 5) is 14.5. The fourth-order valence-electron chi connectivity index (χ4n) is 3.11. The van der Waals surface area contributed by atoms with Crippen LogP contribution in [0.4, 0.5) is 10.5 Å². The topological polar surface area (TPSA) is 50.8 Å². The third-order valence-electron chi connectivity index (χ3n) is 4.28. The van der Waals surface area contributed by atoms with Crippen molar-refractivity contribution in [2.24, 2.45) is 0 Å². The molecule has 24 heavy (non-hydrogen) atoms. The van der Waals surface area contributed by atoms with Gasteiger partial charge in [0.1, 0.15) is 11.5 Å². The molecule has 5 nitrogen and oxygen atoms in total. The van der Waals surface area contributed by atoms with Crippen LogP contribution in [0.25, 0.3) is 0 Å². The third-order valence-corrected chi connectivity index (χ3v) is 4.28. The fourth-order valence-corrected chi connectivity index (χ4v) is 3.11. The van der Waals surface area contributed by atoms with Crippen LogP contribution in [-0.4, -0.2) is 26.3 Å². The number of nitrogens with one attached hydrogen (secondary N) is 1. The molecule has 2 amide bonds. The van der Waals surface area contributed by atoms with Crippen LogP contribution in [0.5, 0.6) is 11.5 Å². The van der Waals surface area contributed by atoms with Crippen LogP contribution < -0.4 is 19.7 Å². The highest BCUT2D eigenvalue weighted by atomic mass is 16.5. The van der Waals surface area contributed by atoms with Crippen LogP contribution in [0.1, 0.15) is 18.1 Å². The van der Waals surface area contributed by atoms with Gasteiger partial charge in [-0.2, -0.15) is 0 Å². The van der Waals surface area contributed by atoms with Crippen molar-refractivity contribution in [3.05, 3.63) is 53.6 Å². The molecule has 0 aromatic heterocycles. The Hall–Kier alpha value is -2.69. The summed E-state index contributed by atoms with van der Waals surface area (Å²) >= 11 is 0. The molecule has 0 bridgehead atoms. The second-order valence-electron chi connectivity index (χ2n) is 5.93. The number of fused-ring (bicyclic) bond motifs is 1. The lowest BCUT2D eigenvalue weighted by atomic mass is 10.1. The maximum Gasteiger partial charge on any atom is 0.322 e. The summed E-state index contributed by atoms with van der Waals surface area (Å²) in [6.45, 7) is 2.48. The predicted octanol–water partition coefficient (Wildman–Crippen LogP) is 3.36. The van der Waals surface area contributed by atoms with E-state index in [1.54, 1.807) is 14.2 Å². The Morgan fingerprint density at radius 3 is 2.50 bits per heavy atom. The number of urea groups is 1. The summed E-state index contributed by atoms with van der Waals surface area (Å²) in [5, 5.41) is 2.99. The lowest BCUT2D eigenvalue weighted by Crippen LogP contribution is -2.42. The first-order chi connectivity index (χ1) is 11.6. The first-order valence-corrected chi connectivity index (χ1v) is 7.99. The quantitative estimate of drug-likeness (QED) is 0.937. The summed E-state index contributed by atoms with van der Waals surface area (Å²) in [5.74, 6) is 1.41. The lowest BCUT2D eigenvalue weighted by molar-refractivity contribution is 0.244. The minimum atomic E-state index is -0.0887. The van der Waals surface area contributed by atoms with Gasteiger partial charge in [-0.15, -0.1) is 0 Å². The van der Waals surface area contributed by atoms with Crippen LogP contribution in [0, 0.1) is 0 Å². The number of amides is 2. The third kappa shape index (κ3) is 3.15. The zero-order valence-corrected chi connectivity index (χ0v) is 14.2. The number of carbonyl (C=O) groups excluding carboxylic acids is 1. The zero-order valence-electron chi connectivity index (χ0n) is 14.2. The van der Waals surface area contributed by atoms with Crippen molar-refractivity contribution in [3.8, 4) is 11.5 Å². The van der Waals surface area contributed by atoms with Crippen molar-refractivity contribution in [2.75, 3.05) is 19.1 Å². The molecule has 0 saturated carbocycles. The van der Waals surface area contributed by atoms with Gasteiger partial charge in [-0.1, -0.05) is 18.2 Å². The highest BCUT2D eigenvalue weighted by Crippen LogP contribution is 2.31. The van der Waals surface area contributed by atoms with Crippen molar-refractivity contribution in [1.29, 1.82) is 0 Å². The number of anilines is 1. The molecule has 1 aliphatic rings. The molecule has 2 aromatic rings. The van der Waals surface area contributed by atoms with E-state index in [0.717, 1.165) is 17.7 Å². The van der Waals surface area contributed by atoms with Crippen LogP contribution in [0.15, 0.2) is 42.5 Å². The summed E-state index contributed by atoms with van der Waals surface area (Å²) in [6, 6.07) is 13.7. The second kappa shape index (κ2) is 6.83. The first kappa shape index (κ1) is 16.2. The van der Waals surface area contributed by atoms with Crippen molar-refractivity contribution < 1.29 is 14.3 Å². The van der Waals surface area contributed by atoms with E-state index in [-0.39, 0.29) is 12.1 Å². The van der Waals surface area contributed by atoms with Gasteiger partial charge in [0, 0.05) is 24.3 Å². The first-order valence-electron chi connectivity index (χ1n) is 7.99. The number of hydrogen-bond acceptors (Lipinski definition) is 3. The van der Waals surface area contributed by atoms with E-state index in [1.807, 2.05) is 41.3 Å². The van der Waals surface area contributed by atoms with Gasteiger partial charge in [0.2, 0.25) is 0 Å². The molecule has 1 aliphatic heterocycles. The van der Waals surface area contributed by atoms with Crippen LogP contribution in [-0.2, 0) is 13.0 Å². The molecule has 0 aliphatic carbocycles. The fraction of sp³-hybridized carbons (Fsp3) is 0.316. The Kier molecular flexibility index (Phi) is 4.60. The van der Waals surface area contributed by atoms with E-state index in [4.69, 9.17) is 9.47 Å². The minimum Gasteiger partial charge on any atom is -0.497 e. The van der Waals surface area contributed by atoms with Crippen LogP contribution in [0.3, 0.4) is 0 Å². The minimum absolute atomic E-state index is 0.0887. The maximum absolute atomic E-state index is 12.7. The van der Waals surface area contributed by atoms with E-state index in [1.165, 1.54) is 5.56 Å². The van der Waals surface area contributed by atoms with Gasteiger partial charge in [0.25, 0.3) is 0 Å². The number of ether oxygens (including phenoxy) is 2. The molecule has 0 fully saturated rings. The van der Waals surface area contributed by atoms with Gasteiger partial charge in [0.15, 0.2) is 0 Å². The van der Waals surface area contributed by atoms with Gasteiger partial charge >= 0.3 is 6.03 Å². The molecular formula is C19H22N2O3. The number of methoxy groups -OCH3 is 2. The number of para-hydroxylation sites is 1. The maximum atomic E-state index is 12.7. The largest absolute Gasteiger partial charge is 0.497 e. The van der Waals surface area contributed by atoms with Crippen molar-refractivity contribution in [3.63, 3.8) is 0 Å². The van der Waals surface area contributed by atoms with Gasteiger partial charge in [-0.05, 0) is 42.7 Å². The molecule has 5 heteroatoms. The Labute approximate surface area is 142 Å². The second-order valence-corrected chi connectivity index (χ2v) is 5.93. The molecule has 1 heterocycles. The summed E-state index contributed by atoms with van der Waals surface area (Å²) in [7, 11) is 3.22. The number of nitrogens with zero attached hydrogens (tertiary/aromatic N) is 1. The lowest BCUT2D eigenvalue weighted by Gasteiger charge is -2.23. The number of hydrogen-bond donors (Lipinski definition) is 1. The van der Waals surface area contributed by atoms with Gasteiger partial charge in [-0.3, -0.25) is 4.90 Å². The molecule has 1 unspecified atom stereocenters. The average molecular weight is 326 g/mol. The molecule has 1 atom stereocenters. The summed E-state index contributed by atoms with van der Waals surface area (Å²) < 4.78 is 10.5. The Balaban J connectivity index is 1.72. The summed E-state index contributed by atoms with van der Waals surface area (Å²) in [6.07, 6.45) is 0.885. The molecule has 126 valence electrons. The zero-order chi connectivity index (χ0) is 17.1. The predicted molar refractivity (Wildman–Crippen MR) is 93.9 cm³/mol. The van der Waals surface area contributed by atoms with Crippen LogP contribution >= 0.6 is 0 Å². The Morgan fingerprint density at radius 1 is 1.17 bits per heavy atom. The SMILES string of the molecule is COc1cc(CNC(=O)N2c3ccccc3CC2C)cc(OC)c1. The number of benzene rings is 2. The molecule has 0 radical (unpaired) electrons. The number of carbonyl (C=O) groups is 1. The highest BCUT2D eigenvalue weighted by Gasteiger charge is 2.30. The number of rotatable bonds is 4. The van der Waals surface area contributed by atoms with Gasteiger partial charge < -0.3 is 14.8 Å².